The molecule has 9 nitrogen and oxygen atoms in total. The van der Waals surface area contributed by atoms with Gasteiger partial charge in [-0.15, -0.1) is 0 Å². The smallest absolute Gasteiger partial charge is 0.289 e. The predicted molar refractivity (Wildman–Crippen MR) is 72.6 cm³/mol. The molecule has 0 amide bonds. The van der Waals surface area contributed by atoms with Crippen molar-refractivity contribution in [2.45, 2.75) is 4.90 Å². The highest BCUT2D eigenvalue weighted by Crippen LogP contribution is 2.28. The van der Waals surface area contributed by atoms with Crippen LogP contribution < -0.4 is 11.3 Å². The number of nitrogens with zero attached hydrogens (tertiary/aromatic N) is 2. The van der Waals surface area contributed by atoms with Gasteiger partial charge in [0, 0.05) is 26.8 Å². The Hall–Kier alpha value is -1.75. The average Bonchev–Trinajstić information content (AvgIpc) is 2.43. The number of likely N-dealkylation sites (N-methyl/N-ethyl adjacent to an activating group) is 1. The molecule has 3 N–H and O–H groups in total. The number of hydrogen-bond donors (Lipinski definition) is 2. The third kappa shape index (κ3) is 3.42. The maximum Gasteiger partial charge on any atom is 0.289 e. The SMILES string of the molecule is COCCN(C)S(=O)(=O)c1cc(NN)ccc1[N+](=O)[O-]. The van der Waals surface area contributed by atoms with E-state index in [0.717, 1.165) is 16.4 Å². The zero-order valence-corrected chi connectivity index (χ0v) is 11.9. The summed E-state index contributed by atoms with van der Waals surface area (Å²) in [5.74, 6) is 5.20. The van der Waals surface area contributed by atoms with E-state index in [1.807, 2.05) is 0 Å². The molecule has 0 saturated heterocycles. The maximum atomic E-state index is 12.3. The summed E-state index contributed by atoms with van der Waals surface area (Å²) in [6.07, 6.45) is 0. The van der Waals surface area contributed by atoms with Gasteiger partial charge >= 0.3 is 0 Å². The second-order valence-corrected chi connectivity index (χ2v) is 5.92. The van der Waals surface area contributed by atoms with E-state index in [-0.39, 0.29) is 18.8 Å². The quantitative estimate of drug-likeness (QED) is 0.417. The van der Waals surface area contributed by atoms with Crippen LogP contribution in [-0.4, -0.2) is 45.0 Å². The van der Waals surface area contributed by atoms with Gasteiger partial charge in [0.15, 0.2) is 4.90 Å². The molecule has 0 saturated carbocycles. The van der Waals surface area contributed by atoms with E-state index in [4.69, 9.17) is 10.6 Å². The molecule has 0 aliphatic rings. The number of sulfonamides is 1. The van der Waals surface area contributed by atoms with Crippen LogP contribution in [-0.2, 0) is 14.8 Å². The molecular formula is C10H16N4O5S. The van der Waals surface area contributed by atoms with Gasteiger partial charge in [0.25, 0.3) is 5.69 Å². The van der Waals surface area contributed by atoms with E-state index in [0.29, 0.717) is 0 Å². The van der Waals surface area contributed by atoms with Gasteiger partial charge in [-0.1, -0.05) is 0 Å². The van der Waals surface area contributed by atoms with E-state index in [9.17, 15) is 18.5 Å². The van der Waals surface area contributed by atoms with Gasteiger partial charge in [0.2, 0.25) is 10.0 Å². The molecule has 20 heavy (non-hydrogen) atoms. The monoisotopic (exact) mass is 304 g/mol. The largest absolute Gasteiger partial charge is 0.383 e. The number of hydrazine groups is 1. The molecule has 0 aromatic heterocycles. The molecular weight excluding hydrogens is 288 g/mol. The Morgan fingerprint density at radius 1 is 1.50 bits per heavy atom. The molecule has 10 heteroatoms. The summed E-state index contributed by atoms with van der Waals surface area (Å²) in [5, 5.41) is 11.0. The first kappa shape index (κ1) is 16.3. The number of methoxy groups -OCH3 is 1. The molecule has 1 rings (SSSR count). The number of nitro benzene ring substituents is 1. The van der Waals surface area contributed by atoms with Gasteiger partial charge in [-0.3, -0.25) is 16.0 Å². The average molecular weight is 304 g/mol. The van der Waals surface area contributed by atoms with Crippen molar-refractivity contribution in [2.75, 3.05) is 32.7 Å². The second kappa shape index (κ2) is 6.61. The fraction of sp³-hybridized carbons (Fsp3) is 0.400. The second-order valence-electron chi connectivity index (χ2n) is 3.90. The predicted octanol–water partition coefficient (Wildman–Crippen LogP) is 0.147. The molecule has 1 aromatic carbocycles. The van der Waals surface area contributed by atoms with Crippen molar-refractivity contribution in [3.8, 4) is 0 Å². The van der Waals surface area contributed by atoms with Gasteiger partial charge in [-0.25, -0.2) is 8.42 Å². The Morgan fingerprint density at radius 3 is 2.65 bits per heavy atom. The lowest BCUT2D eigenvalue weighted by atomic mass is 10.3. The number of rotatable bonds is 7. The van der Waals surface area contributed by atoms with Crippen molar-refractivity contribution in [1.82, 2.24) is 4.31 Å². The number of ether oxygens (including phenoxy) is 1. The molecule has 0 radical (unpaired) electrons. The molecule has 112 valence electrons. The van der Waals surface area contributed by atoms with E-state index in [1.54, 1.807) is 0 Å². The van der Waals surface area contributed by atoms with Crippen molar-refractivity contribution >= 4 is 21.4 Å². The third-order valence-corrected chi connectivity index (χ3v) is 4.51. The van der Waals surface area contributed by atoms with Crippen LogP contribution in [0.2, 0.25) is 0 Å². The molecule has 0 heterocycles. The van der Waals surface area contributed by atoms with Gasteiger partial charge in [0.05, 0.1) is 17.2 Å². The lowest BCUT2D eigenvalue weighted by Gasteiger charge is -2.17. The minimum atomic E-state index is -4.00. The highest BCUT2D eigenvalue weighted by atomic mass is 32.2. The first-order chi connectivity index (χ1) is 9.34. The summed E-state index contributed by atoms with van der Waals surface area (Å²) in [7, 11) is -1.25. The Labute approximate surface area is 116 Å². The van der Waals surface area contributed by atoms with Crippen LogP contribution in [0.25, 0.3) is 0 Å². The third-order valence-electron chi connectivity index (χ3n) is 2.62. The summed E-state index contributed by atoms with van der Waals surface area (Å²) in [5.41, 5.74) is 2.01. The molecule has 1 aromatic rings. The van der Waals surface area contributed by atoms with E-state index in [1.165, 1.54) is 20.2 Å². The van der Waals surface area contributed by atoms with Crippen LogP contribution in [0.3, 0.4) is 0 Å². The normalized spacial score (nSPS) is 11.6. The first-order valence-electron chi connectivity index (χ1n) is 5.55. The number of nitrogens with two attached hydrogens (primary N) is 1. The van der Waals surface area contributed by atoms with Crippen molar-refractivity contribution < 1.29 is 18.1 Å². The molecule has 0 aliphatic carbocycles. The van der Waals surface area contributed by atoms with Crippen LogP contribution >= 0.6 is 0 Å². The molecule has 0 aliphatic heterocycles. The standard InChI is InChI=1S/C10H16N4O5S/c1-13(5-6-19-2)20(17,18)10-7-8(12-11)3-4-9(10)14(15)16/h3-4,7,12H,5-6,11H2,1-2H3. The number of nitrogen functional groups attached to an aromatic ring is 1. The van der Waals surface area contributed by atoms with Gasteiger partial charge in [-0.2, -0.15) is 4.31 Å². The topological polar surface area (TPSA) is 128 Å². The minimum Gasteiger partial charge on any atom is -0.383 e. The van der Waals surface area contributed by atoms with Crippen molar-refractivity contribution in [2.24, 2.45) is 5.84 Å². The van der Waals surface area contributed by atoms with Crippen LogP contribution in [0, 0.1) is 10.1 Å². The maximum absolute atomic E-state index is 12.3. The van der Waals surface area contributed by atoms with Crippen molar-refractivity contribution in [3.63, 3.8) is 0 Å². The zero-order valence-electron chi connectivity index (χ0n) is 11.1. The highest BCUT2D eigenvalue weighted by molar-refractivity contribution is 7.89. The summed E-state index contributed by atoms with van der Waals surface area (Å²) in [4.78, 5) is 9.78. The summed E-state index contributed by atoms with van der Waals surface area (Å²) in [6.45, 7) is 0.259. The van der Waals surface area contributed by atoms with Crippen molar-refractivity contribution in [1.29, 1.82) is 0 Å². The number of nitrogens with one attached hydrogen (secondary N) is 1. The van der Waals surface area contributed by atoms with Gasteiger partial charge in [-0.05, 0) is 12.1 Å². The molecule has 0 bridgehead atoms. The fourth-order valence-corrected chi connectivity index (χ4v) is 2.80. The van der Waals surface area contributed by atoms with Gasteiger partial charge < -0.3 is 10.2 Å². The molecule has 0 unspecified atom stereocenters. The van der Waals surface area contributed by atoms with Crippen LogP contribution in [0.4, 0.5) is 11.4 Å². The Bertz CT molecular complexity index is 589. The molecule has 0 spiro atoms. The lowest BCUT2D eigenvalue weighted by Crippen LogP contribution is -2.30. The first-order valence-corrected chi connectivity index (χ1v) is 6.99. The van der Waals surface area contributed by atoms with E-state index in [2.05, 4.69) is 5.43 Å². The summed E-state index contributed by atoms with van der Waals surface area (Å²) < 4.78 is 30.4. The fourth-order valence-electron chi connectivity index (χ4n) is 1.47. The van der Waals surface area contributed by atoms with E-state index < -0.39 is 25.5 Å². The lowest BCUT2D eigenvalue weighted by molar-refractivity contribution is -0.387. The van der Waals surface area contributed by atoms with Crippen molar-refractivity contribution in [3.05, 3.63) is 28.3 Å². The van der Waals surface area contributed by atoms with Gasteiger partial charge in [0.1, 0.15) is 0 Å². The van der Waals surface area contributed by atoms with Crippen LogP contribution in [0.15, 0.2) is 23.1 Å². The highest BCUT2D eigenvalue weighted by Gasteiger charge is 2.29. The number of hydrogen-bond acceptors (Lipinski definition) is 7. The minimum absolute atomic E-state index is 0.0796. The molecule has 0 atom stereocenters. The van der Waals surface area contributed by atoms with Crippen LogP contribution in [0.1, 0.15) is 0 Å². The van der Waals surface area contributed by atoms with Crippen LogP contribution in [0.5, 0.6) is 0 Å². The number of anilines is 1. The summed E-state index contributed by atoms with van der Waals surface area (Å²) >= 11 is 0. The zero-order chi connectivity index (χ0) is 15.3. The number of nitro groups is 1. The van der Waals surface area contributed by atoms with E-state index >= 15 is 0 Å². The number of benzene rings is 1. The Kier molecular flexibility index (Phi) is 5.39. The molecule has 0 fully saturated rings. The Morgan fingerprint density at radius 2 is 2.15 bits per heavy atom. The summed E-state index contributed by atoms with van der Waals surface area (Å²) in [6, 6.07) is 3.54. The Balaban J connectivity index is 3.31.